The van der Waals surface area contributed by atoms with E-state index in [1.54, 1.807) is 11.0 Å². The van der Waals surface area contributed by atoms with E-state index in [-0.39, 0.29) is 36.1 Å². The van der Waals surface area contributed by atoms with Crippen molar-refractivity contribution < 1.29 is 14.3 Å². The summed E-state index contributed by atoms with van der Waals surface area (Å²) in [6.07, 6.45) is -0.253. The van der Waals surface area contributed by atoms with Gasteiger partial charge in [0.05, 0.1) is 24.2 Å². The number of hydrogen-bond donors (Lipinski definition) is 1. The zero-order valence-electron chi connectivity index (χ0n) is 16.5. The van der Waals surface area contributed by atoms with Crippen molar-refractivity contribution in [3.05, 3.63) is 29.3 Å². The van der Waals surface area contributed by atoms with Gasteiger partial charge in [-0.25, -0.2) is 4.79 Å². The Morgan fingerprint density at radius 2 is 2.07 bits per heavy atom. The number of nitrogens with one attached hydrogen (secondary N) is 1. The minimum Gasteiger partial charge on any atom is -0.490 e. The molecular weight excluding hydrogens is 495 g/mol. The number of carbonyl (C=O) groups is 1. The molecule has 0 aliphatic carbocycles. The third-order valence-corrected chi connectivity index (χ3v) is 4.65. The SMILES string of the molecule is CC(C)(C)OC(=O)N1CCN2C(NCCOc3ccccc3Cl)=NCC2C1.I. The molecule has 1 unspecified atom stereocenters. The fraction of sp³-hybridized carbons (Fsp3) is 0.579. The van der Waals surface area contributed by atoms with Crippen LogP contribution in [-0.2, 0) is 4.74 Å². The molecule has 156 valence electrons. The Kier molecular flexibility index (Phi) is 8.06. The molecule has 0 spiro atoms. The van der Waals surface area contributed by atoms with Crippen molar-refractivity contribution in [2.75, 3.05) is 39.3 Å². The van der Waals surface area contributed by atoms with Crippen molar-refractivity contribution in [3.63, 3.8) is 0 Å². The van der Waals surface area contributed by atoms with Crippen LogP contribution in [0.2, 0.25) is 5.02 Å². The zero-order chi connectivity index (χ0) is 19.4. The lowest BCUT2D eigenvalue weighted by Crippen LogP contribution is -2.57. The van der Waals surface area contributed by atoms with Crippen LogP contribution in [0.5, 0.6) is 5.75 Å². The number of nitrogens with zero attached hydrogens (tertiary/aromatic N) is 3. The maximum absolute atomic E-state index is 12.3. The molecule has 0 bridgehead atoms. The van der Waals surface area contributed by atoms with Gasteiger partial charge in [0.15, 0.2) is 5.96 Å². The number of fused-ring (bicyclic) bond motifs is 1. The number of amides is 1. The molecule has 1 amide bonds. The second kappa shape index (κ2) is 9.87. The maximum Gasteiger partial charge on any atom is 0.410 e. The number of piperazine rings is 1. The van der Waals surface area contributed by atoms with Gasteiger partial charge in [-0.1, -0.05) is 23.7 Å². The van der Waals surface area contributed by atoms with Crippen LogP contribution < -0.4 is 10.1 Å². The molecule has 0 aromatic heterocycles. The van der Waals surface area contributed by atoms with E-state index in [0.717, 1.165) is 12.5 Å². The number of halogens is 2. The van der Waals surface area contributed by atoms with Gasteiger partial charge in [0, 0.05) is 19.6 Å². The molecule has 1 saturated heterocycles. The highest BCUT2D eigenvalue weighted by Crippen LogP contribution is 2.23. The van der Waals surface area contributed by atoms with Crippen LogP contribution >= 0.6 is 35.6 Å². The predicted molar refractivity (Wildman–Crippen MR) is 121 cm³/mol. The Labute approximate surface area is 188 Å². The number of guanidine groups is 1. The lowest BCUT2D eigenvalue weighted by molar-refractivity contribution is 0.0137. The normalized spacial score (nSPS) is 18.7. The Bertz CT molecular complexity index is 711. The third kappa shape index (κ3) is 6.04. The van der Waals surface area contributed by atoms with E-state index in [0.29, 0.717) is 43.6 Å². The van der Waals surface area contributed by atoms with Gasteiger partial charge in [-0.15, -0.1) is 24.0 Å². The zero-order valence-corrected chi connectivity index (χ0v) is 19.6. The van der Waals surface area contributed by atoms with Crippen LogP contribution in [0, 0.1) is 0 Å². The Morgan fingerprint density at radius 1 is 1.32 bits per heavy atom. The van der Waals surface area contributed by atoms with Crippen LogP contribution in [0.15, 0.2) is 29.3 Å². The summed E-state index contributed by atoms with van der Waals surface area (Å²) in [6, 6.07) is 7.61. The average molecular weight is 523 g/mol. The molecule has 1 aromatic carbocycles. The number of rotatable bonds is 4. The molecule has 1 atom stereocenters. The molecule has 1 aromatic rings. The van der Waals surface area contributed by atoms with E-state index < -0.39 is 5.60 Å². The smallest absolute Gasteiger partial charge is 0.410 e. The molecule has 7 nitrogen and oxygen atoms in total. The summed E-state index contributed by atoms with van der Waals surface area (Å²) in [6.45, 7) is 9.43. The molecule has 2 aliphatic rings. The van der Waals surface area contributed by atoms with Crippen LogP contribution in [0.3, 0.4) is 0 Å². The van der Waals surface area contributed by atoms with Crippen molar-refractivity contribution in [1.29, 1.82) is 0 Å². The summed E-state index contributed by atoms with van der Waals surface area (Å²) in [4.78, 5) is 20.8. The van der Waals surface area contributed by atoms with E-state index >= 15 is 0 Å². The number of para-hydroxylation sites is 1. The van der Waals surface area contributed by atoms with Crippen molar-refractivity contribution in [2.45, 2.75) is 32.4 Å². The van der Waals surface area contributed by atoms with Gasteiger partial charge in [0.2, 0.25) is 0 Å². The summed E-state index contributed by atoms with van der Waals surface area (Å²) >= 11 is 6.08. The summed E-state index contributed by atoms with van der Waals surface area (Å²) < 4.78 is 11.2. The Hall–Kier alpha value is -1.42. The largest absolute Gasteiger partial charge is 0.490 e. The number of ether oxygens (including phenoxy) is 2. The van der Waals surface area contributed by atoms with E-state index in [2.05, 4.69) is 15.2 Å². The molecule has 0 radical (unpaired) electrons. The lowest BCUT2D eigenvalue weighted by Gasteiger charge is -2.39. The molecule has 2 heterocycles. The van der Waals surface area contributed by atoms with Crippen LogP contribution in [-0.4, -0.2) is 72.8 Å². The Balaban J connectivity index is 0.00000280. The minimum absolute atomic E-state index is 0. The standard InChI is InChI=1S/C19H27ClN4O3.HI/c1-19(2,3)27-18(25)23-9-10-24-14(13-23)12-22-17(24)21-8-11-26-16-7-5-4-6-15(16)20;/h4-7,14H,8-13H2,1-3H3,(H,21,22);1H. The molecule has 1 fully saturated rings. The van der Waals surface area contributed by atoms with Gasteiger partial charge in [-0.3, -0.25) is 4.99 Å². The van der Waals surface area contributed by atoms with E-state index in [9.17, 15) is 4.79 Å². The van der Waals surface area contributed by atoms with Gasteiger partial charge < -0.3 is 24.6 Å². The quantitative estimate of drug-likeness (QED) is 0.486. The first kappa shape index (κ1) is 22.9. The number of hydrogen-bond acceptors (Lipinski definition) is 6. The van der Waals surface area contributed by atoms with Crippen molar-refractivity contribution in [1.82, 2.24) is 15.1 Å². The summed E-state index contributed by atoms with van der Waals surface area (Å²) in [5, 5.41) is 3.93. The van der Waals surface area contributed by atoms with Crippen LogP contribution in [0.1, 0.15) is 20.8 Å². The van der Waals surface area contributed by atoms with Crippen LogP contribution in [0.4, 0.5) is 4.79 Å². The van der Waals surface area contributed by atoms with Crippen molar-refractivity contribution >= 4 is 47.6 Å². The molecule has 3 rings (SSSR count). The van der Waals surface area contributed by atoms with Gasteiger partial charge in [0.25, 0.3) is 0 Å². The fourth-order valence-corrected chi connectivity index (χ4v) is 3.30. The second-order valence-corrected chi connectivity index (χ2v) is 8.05. The second-order valence-electron chi connectivity index (χ2n) is 7.64. The van der Waals surface area contributed by atoms with Crippen LogP contribution in [0.25, 0.3) is 0 Å². The third-order valence-electron chi connectivity index (χ3n) is 4.34. The highest BCUT2D eigenvalue weighted by molar-refractivity contribution is 14.0. The highest BCUT2D eigenvalue weighted by atomic mass is 127. The topological polar surface area (TPSA) is 66.4 Å². The first-order valence-corrected chi connectivity index (χ1v) is 9.61. The van der Waals surface area contributed by atoms with Crippen molar-refractivity contribution in [3.8, 4) is 5.75 Å². The fourth-order valence-electron chi connectivity index (χ4n) is 3.11. The van der Waals surface area contributed by atoms with Gasteiger partial charge in [0.1, 0.15) is 18.0 Å². The average Bonchev–Trinajstić information content (AvgIpc) is 3.01. The van der Waals surface area contributed by atoms with Gasteiger partial charge in [-0.05, 0) is 32.9 Å². The van der Waals surface area contributed by atoms with Crippen molar-refractivity contribution in [2.24, 2.45) is 4.99 Å². The number of benzene rings is 1. The Morgan fingerprint density at radius 3 is 2.79 bits per heavy atom. The predicted octanol–water partition coefficient (Wildman–Crippen LogP) is 3.22. The summed E-state index contributed by atoms with van der Waals surface area (Å²) in [5.41, 5.74) is -0.477. The molecule has 28 heavy (non-hydrogen) atoms. The molecule has 1 N–H and O–H groups in total. The number of carbonyl (C=O) groups excluding carboxylic acids is 1. The first-order valence-electron chi connectivity index (χ1n) is 9.24. The molecule has 9 heteroatoms. The van der Waals surface area contributed by atoms with E-state index in [1.807, 2.05) is 39.0 Å². The minimum atomic E-state index is -0.477. The lowest BCUT2D eigenvalue weighted by atomic mass is 10.2. The van der Waals surface area contributed by atoms with Gasteiger partial charge >= 0.3 is 6.09 Å². The van der Waals surface area contributed by atoms with Gasteiger partial charge in [-0.2, -0.15) is 0 Å². The monoisotopic (exact) mass is 522 g/mol. The highest BCUT2D eigenvalue weighted by Gasteiger charge is 2.36. The molecule has 0 saturated carbocycles. The van der Waals surface area contributed by atoms with E-state index in [4.69, 9.17) is 21.1 Å². The van der Waals surface area contributed by atoms with E-state index in [1.165, 1.54) is 0 Å². The summed E-state index contributed by atoms with van der Waals surface area (Å²) in [7, 11) is 0. The maximum atomic E-state index is 12.3. The first-order chi connectivity index (χ1) is 12.8. The summed E-state index contributed by atoms with van der Waals surface area (Å²) in [5.74, 6) is 1.55. The number of aliphatic imine (C=N–C) groups is 1. The molecular formula is C19H28ClIN4O3. The molecule has 2 aliphatic heterocycles.